The molecular weight excluding hydrogens is 270 g/mol. The Morgan fingerprint density at radius 1 is 1.43 bits per heavy atom. The maximum absolute atomic E-state index is 11.8. The summed E-state index contributed by atoms with van der Waals surface area (Å²) in [6.07, 6.45) is 4.77. The number of nitrogens with zero attached hydrogens (tertiary/aromatic N) is 4. The zero-order chi connectivity index (χ0) is 15.6. The van der Waals surface area contributed by atoms with Crippen LogP contribution >= 0.6 is 0 Å². The maximum Gasteiger partial charge on any atom is 0.408 e. The molecule has 0 saturated heterocycles. The molecule has 0 bridgehead atoms. The molecule has 1 amide bonds. The summed E-state index contributed by atoms with van der Waals surface area (Å²) in [7, 11) is 1.85. The number of carbonyl (C=O) groups is 1. The molecule has 0 radical (unpaired) electrons. The number of alkyl carbamates (subject to hydrolysis) is 1. The Labute approximate surface area is 123 Å². The van der Waals surface area contributed by atoms with E-state index >= 15 is 0 Å². The van der Waals surface area contributed by atoms with E-state index in [1.165, 1.54) is 0 Å². The molecule has 0 fully saturated rings. The standard InChI is InChI=1S/C14H21N5O2/c1-10(16-13(20)21-14(2,3)4)11-8-15-9-19(11)12-6-7-18(5)17-12/h6-10H,1-5H3,(H,16,20)/t10-/m1/s1. The minimum Gasteiger partial charge on any atom is -0.444 e. The topological polar surface area (TPSA) is 74.0 Å². The van der Waals surface area contributed by atoms with Crippen molar-refractivity contribution in [3.05, 3.63) is 30.5 Å². The molecule has 0 aliphatic heterocycles. The molecule has 0 aromatic carbocycles. The smallest absolute Gasteiger partial charge is 0.408 e. The third-order valence-corrected chi connectivity index (χ3v) is 2.79. The van der Waals surface area contributed by atoms with Gasteiger partial charge in [-0.25, -0.2) is 9.78 Å². The molecule has 0 spiro atoms. The first-order valence-electron chi connectivity index (χ1n) is 6.78. The Morgan fingerprint density at radius 2 is 2.14 bits per heavy atom. The van der Waals surface area contributed by atoms with Gasteiger partial charge in [0.15, 0.2) is 5.82 Å². The van der Waals surface area contributed by atoms with Gasteiger partial charge in [0.05, 0.1) is 17.9 Å². The Hall–Kier alpha value is -2.31. The number of hydrogen-bond donors (Lipinski definition) is 1. The molecule has 114 valence electrons. The normalized spacial score (nSPS) is 13.0. The minimum atomic E-state index is -0.523. The van der Waals surface area contributed by atoms with Crippen LogP contribution in [-0.4, -0.2) is 31.0 Å². The number of carbonyl (C=O) groups excluding carboxylic acids is 1. The van der Waals surface area contributed by atoms with Gasteiger partial charge in [0.2, 0.25) is 0 Å². The van der Waals surface area contributed by atoms with Crippen LogP contribution in [0, 0.1) is 0 Å². The molecule has 1 N–H and O–H groups in total. The minimum absolute atomic E-state index is 0.246. The summed E-state index contributed by atoms with van der Waals surface area (Å²) in [4.78, 5) is 16.0. The van der Waals surface area contributed by atoms with Crippen LogP contribution in [0.3, 0.4) is 0 Å². The van der Waals surface area contributed by atoms with Crippen molar-refractivity contribution in [2.24, 2.45) is 7.05 Å². The van der Waals surface area contributed by atoms with Crippen molar-refractivity contribution in [3.8, 4) is 5.82 Å². The Morgan fingerprint density at radius 3 is 2.71 bits per heavy atom. The van der Waals surface area contributed by atoms with Gasteiger partial charge >= 0.3 is 6.09 Å². The lowest BCUT2D eigenvalue weighted by Crippen LogP contribution is -2.34. The number of hydrogen-bond acceptors (Lipinski definition) is 4. The molecular formula is C14H21N5O2. The van der Waals surface area contributed by atoms with Gasteiger partial charge in [-0.05, 0) is 27.7 Å². The van der Waals surface area contributed by atoms with E-state index in [1.54, 1.807) is 17.2 Å². The molecule has 0 unspecified atom stereocenters. The van der Waals surface area contributed by atoms with E-state index in [-0.39, 0.29) is 6.04 Å². The largest absolute Gasteiger partial charge is 0.444 e. The predicted molar refractivity (Wildman–Crippen MR) is 78.1 cm³/mol. The van der Waals surface area contributed by atoms with Gasteiger partial charge in [0, 0.05) is 19.3 Å². The fourth-order valence-electron chi connectivity index (χ4n) is 1.91. The molecule has 2 aromatic rings. The fourth-order valence-corrected chi connectivity index (χ4v) is 1.91. The van der Waals surface area contributed by atoms with Crippen molar-refractivity contribution in [1.29, 1.82) is 0 Å². The molecule has 2 rings (SSSR count). The Balaban J connectivity index is 2.12. The second-order valence-corrected chi connectivity index (χ2v) is 5.90. The number of ether oxygens (including phenoxy) is 1. The van der Waals surface area contributed by atoms with E-state index in [9.17, 15) is 4.79 Å². The first kappa shape index (κ1) is 15.1. The molecule has 7 nitrogen and oxygen atoms in total. The summed E-state index contributed by atoms with van der Waals surface area (Å²) in [6, 6.07) is 1.63. The molecule has 2 heterocycles. The third kappa shape index (κ3) is 3.84. The summed E-state index contributed by atoms with van der Waals surface area (Å²) >= 11 is 0. The highest BCUT2D eigenvalue weighted by Crippen LogP contribution is 2.17. The number of aromatic nitrogens is 4. The zero-order valence-electron chi connectivity index (χ0n) is 13.0. The summed E-state index contributed by atoms with van der Waals surface area (Å²) < 4.78 is 8.81. The van der Waals surface area contributed by atoms with Crippen LogP contribution in [0.15, 0.2) is 24.8 Å². The maximum atomic E-state index is 11.8. The van der Waals surface area contributed by atoms with Crippen LogP contribution in [0.5, 0.6) is 0 Å². The van der Waals surface area contributed by atoms with Crippen LogP contribution in [0.4, 0.5) is 4.79 Å². The highest BCUT2D eigenvalue weighted by Gasteiger charge is 2.20. The Bertz CT molecular complexity index is 623. The van der Waals surface area contributed by atoms with E-state index in [2.05, 4.69) is 15.4 Å². The molecule has 0 aliphatic carbocycles. The lowest BCUT2D eigenvalue weighted by atomic mass is 10.2. The molecule has 21 heavy (non-hydrogen) atoms. The quantitative estimate of drug-likeness (QED) is 0.940. The Kier molecular flexibility index (Phi) is 4.02. The molecule has 0 saturated carbocycles. The molecule has 7 heteroatoms. The number of amides is 1. The number of nitrogens with one attached hydrogen (secondary N) is 1. The highest BCUT2D eigenvalue weighted by atomic mass is 16.6. The molecule has 0 aliphatic rings. The highest BCUT2D eigenvalue weighted by molar-refractivity contribution is 5.68. The third-order valence-electron chi connectivity index (χ3n) is 2.79. The van der Waals surface area contributed by atoms with Crippen molar-refractivity contribution in [1.82, 2.24) is 24.6 Å². The van der Waals surface area contributed by atoms with E-state index in [0.29, 0.717) is 0 Å². The lowest BCUT2D eigenvalue weighted by Gasteiger charge is -2.22. The van der Waals surface area contributed by atoms with Crippen molar-refractivity contribution < 1.29 is 9.53 Å². The summed E-state index contributed by atoms with van der Waals surface area (Å²) in [5.74, 6) is 0.753. The van der Waals surface area contributed by atoms with Crippen molar-refractivity contribution in [2.45, 2.75) is 39.3 Å². The predicted octanol–water partition coefficient (Wildman–Crippen LogP) is 2.19. The van der Waals surface area contributed by atoms with Crippen LogP contribution in [0.2, 0.25) is 0 Å². The van der Waals surface area contributed by atoms with Crippen LogP contribution < -0.4 is 5.32 Å². The first-order valence-corrected chi connectivity index (χ1v) is 6.78. The summed E-state index contributed by atoms with van der Waals surface area (Å²) in [5.41, 5.74) is 0.310. The van der Waals surface area contributed by atoms with Gasteiger partial charge in [0.25, 0.3) is 0 Å². The number of imidazole rings is 1. The summed E-state index contributed by atoms with van der Waals surface area (Å²) in [6.45, 7) is 7.36. The average molecular weight is 291 g/mol. The second kappa shape index (κ2) is 5.59. The van der Waals surface area contributed by atoms with E-state index in [4.69, 9.17) is 4.74 Å². The van der Waals surface area contributed by atoms with Gasteiger partial charge in [-0.15, -0.1) is 0 Å². The van der Waals surface area contributed by atoms with Crippen molar-refractivity contribution in [2.75, 3.05) is 0 Å². The van der Waals surface area contributed by atoms with Crippen molar-refractivity contribution >= 4 is 6.09 Å². The van der Waals surface area contributed by atoms with Crippen LogP contribution in [0.25, 0.3) is 5.82 Å². The van der Waals surface area contributed by atoms with Gasteiger partial charge < -0.3 is 10.1 Å². The van der Waals surface area contributed by atoms with Crippen molar-refractivity contribution in [3.63, 3.8) is 0 Å². The zero-order valence-corrected chi connectivity index (χ0v) is 13.0. The number of aryl methyl sites for hydroxylation is 1. The van der Waals surface area contributed by atoms with Crippen LogP contribution in [-0.2, 0) is 11.8 Å². The molecule has 2 aromatic heterocycles. The number of rotatable bonds is 3. The van der Waals surface area contributed by atoms with Gasteiger partial charge in [0.1, 0.15) is 11.9 Å². The van der Waals surface area contributed by atoms with Gasteiger partial charge in [-0.1, -0.05) is 0 Å². The SMILES string of the molecule is C[C@@H](NC(=O)OC(C)(C)C)c1cncn1-c1ccn(C)n1. The fraction of sp³-hybridized carbons (Fsp3) is 0.500. The lowest BCUT2D eigenvalue weighted by molar-refractivity contribution is 0.0506. The van der Waals surface area contributed by atoms with E-state index < -0.39 is 11.7 Å². The second-order valence-electron chi connectivity index (χ2n) is 5.90. The summed E-state index contributed by atoms with van der Waals surface area (Å²) in [5, 5.41) is 7.13. The monoisotopic (exact) mass is 291 g/mol. The van der Waals surface area contributed by atoms with Gasteiger partial charge in [-0.3, -0.25) is 9.25 Å². The van der Waals surface area contributed by atoms with Gasteiger partial charge in [-0.2, -0.15) is 5.10 Å². The molecule has 1 atom stereocenters. The van der Waals surface area contributed by atoms with E-state index in [1.807, 2.05) is 51.6 Å². The van der Waals surface area contributed by atoms with E-state index in [0.717, 1.165) is 11.5 Å². The average Bonchev–Trinajstić information content (AvgIpc) is 2.93. The first-order chi connectivity index (χ1) is 9.76. The van der Waals surface area contributed by atoms with Crippen LogP contribution in [0.1, 0.15) is 39.4 Å².